The van der Waals surface area contributed by atoms with Gasteiger partial charge in [-0.1, -0.05) is 127 Å². The van der Waals surface area contributed by atoms with E-state index in [1.54, 1.807) is 0 Å². The van der Waals surface area contributed by atoms with Gasteiger partial charge in [0.2, 0.25) is 0 Å². The number of fused-ring (bicyclic) bond motifs is 3. The van der Waals surface area contributed by atoms with Crippen LogP contribution in [0.15, 0.2) is 158 Å². The zero-order chi connectivity index (χ0) is 29.3. The standard InChI is InChI=1S/C40H26N4/c1-3-8-30(9-4-1)36-26-37(44-40(43-36)33-10-5-2-6-11-33)31-19-15-28(16-20-31)27-13-17-29(18-14-27)34-23-25-42-39-35(34)22-21-32-12-7-24-41-38(32)39/h1-26H. The maximum Gasteiger partial charge on any atom is 0.160 e. The Labute approximate surface area is 255 Å². The highest BCUT2D eigenvalue weighted by Gasteiger charge is 2.12. The first-order valence-electron chi connectivity index (χ1n) is 14.6. The molecule has 0 aliphatic carbocycles. The van der Waals surface area contributed by atoms with Crippen LogP contribution in [-0.4, -0.2) is 19.9 Å². The monoisotopic (exact) mass is 562 g/mol. The summed E-state index contributed by atoms with van der Waals surface area (Å²) in [5.74, 6) is 0.717. The largest absolute Gasteiger partial charge is 0.254 e. The molecule has 0 atom stereocenters. The minimum Gasteiger partial charge on any atom is -0.254 e. The molecular weight excluding hydrogens is 536 g/mol. The maximum absolute atomic E-state index is 4.97. The van der Waals surface area contributed by atoms with E-state index in [0.717, 1.165) is 72.1 Å². The molecule has 44 heavy (non-hydrogen) atoms. The van der Waals surface area contributed by atoms with Crippen LogP contribution in [0.1, 0.15) is 0 Å². The number of hydrogen-bond acceptors (Lipinski definition) is 4. The molecule has 0 saturated carbocycles. The third kappa shape index (κ3) is 4.79. The lowest BCUT2D eigenvalue weighted by Crippen LogP contribution is -1.95. The molecule has 5 aromatic carbocycles. The molecule has 0 aliphatic heterocycles. The predicted octanol–water partition coefficient (Wildman–Crippen LogP) is 9.91. The van der Waals surface area contributed by atoms with Gasteiger partial charge in [-0.25, -0.2) is 9.97 Å². The van der Waals surface area contributed by atoms with E-state index in [1.807, 2.05) is 54.9 Å². The molecule has 0 aliphatic rings. The van der Waals surface area contributed by atoms with Crippen LogP contribution in [0, 0.1) is 0 Å². The Bertz CT molecular complexity index is 2190. The van der Waals surface area contributed by atoms with Gasteiger partial charge >= 0.3 is 0 Å². The highest BCUT2D eigenvalue weighted by molar-refractivity contribution is 6.08. The van der Waals surface area contributed by atoms with Gasteiger partial charge in [-0.15, -0.1) is 0 Å². The molecule has 4 heteroatoms. The van der Waals surface area contributed by atoms with Crippen LogP contribution in [0.2, 0.25) is 0 Å². The van der Waals surface area contributed by atoms with Gasteiger partial charge in [0.1, 0.15) is 0 Å². The topological polar surface area (TPSA) is 51.6 Å². The van der Waals surface area contributed by atoms with E-state index < -0.39 is 0 Å². The number of pyridine rings is 2. The zero-order valence-corrected chi connectivity index (χ0v) is 23.8. The Hall–Kier alpha value is -6.00. The molecule has 0 amide bonds. The third-order valence-electron chi connectivity index (χ3n) is 8.02. The first-order chi connectivity index (χ1) is 21.8. The molecule has 0 fully saturated rings. The van der Waals surface area contributed by atoms with Gasteiger partial charge in [0.15, 0.2) is 5.82 Å². The fraction of sp³-hybridized carbons (Fsp3) is 0. The average molecular weight is 563 g/mol. The van der Waals surface area contributed by atoms with Crippen molar-refractivity contribution >= 4 is 21.8 Å². The summed E-state index contributed by atoms with van der Waals surface area (Å²) in [6.45, 7) is 0. The van der Waals surface area contributed by atoms with Crippen molar-refractivity contribution in [1.82, 2.24) is 19.9 Å². The third-order valence-corrected chi connectivity index (χ3v) is 8.02. The van der Waals surface area contributed by atoms with Gasteiger partial charge in [-0.2, -0.15) is 0 Å². The first-order valence-corrected chi connectivity index (χ1v) is 14.6. The summed E-state index contributed by atoms with van der Waals surface area (Å²) in [4.78, 5) is 19.1. The van der Waals surface area contributed by atoms with Crippen molar-refractivity contribution in [2.24, 2.45) is 0 Å². The molecule has 206 valence electrons. The van der Waals surface area contributed by atoms with E-state index in [-0.39, 0.29) is 0 Å². The smallest absolute Gasteiger partial charge is 0.160 e. The number of nitrogens with zero attached hydrogens (tertiary/aromatic N) is 4. The summed E-state index contributed by atoms with van der Waals surface area (Å²) in [5.41, 5.74) is 11.4. The van der Waals surface area contributed by atoms with Gasteiger partial charge in [-0.05, 0) is 40.5 Å². The quantitative estimate of drug-likeness (QED) is 0.196. The molecular formula is C40H26N4. The predicted molar refractivity (Wildman–Crippen MR) is 180 cm³/mol. The van der Waals surface area contributed by atoms with E-state index in [0.29, 0.717) is 5.82 Å². The molecule has 0 saturated heterocycles. The van der Waals surface area contributed by atoms with Crippen LogP contribution in [0.4, 0.5) is 0 Å². The Morgan fingerprint density at radius 2 is 0.932 bits per heavy atom. The molecule has 0 N–H and O–H groups in total. The molecule has 0 radical (unpaired) electrons. The lowest BCUT2D eigenvalue weighted by atomic mass is 9.96. The van der Waals surface area contributed by atoms with Gasteiger partial charge in [0.05, 0.1) is 22.4 Å². The van der Waals surface area contributed by atoms with Crippen LogP contribution in [0.3, 0.4) is 0 Å². The van der Waals surface area contributed by atoms with Gasteiger partial charge < -0.3 is 0 Å². The second-order valence-corrected chi connectivity index (χ2v) is 10.7. The van der Waals surface area contributed by atoms with Crippen molar-refractivity contribution in [3.63, 3.8) is 0 Å². The maximum atomic E-state index is 4.97. The normalized spacial score (nSPS) is 11.2. The Morgan fingerprint density at radius 3 is 1.61 bits per heavy atom. The van der Waals surface area contributed by atoms with Gasteiger partial charge in [0, 0.05) is 39.9 Å². The van der Waals surface area contributed by atoms with Crippen LogP contribution in [0.25, 0.3) is 78.0 Å². The minimum absolute atomic E-state index is 0.717. The van der Waals surface area contributed by atoms with Crippen molar-refractivity contribution in [3.05, 3.63) is 158 Å². The fourth-order valence-corrected chi connectivity index (χ4v) is 5.75. The SMILES string of the molecule is c1ccc(-c2cc(-c3ccc(-c4ccc(-c5ccnc6c5ccc5cccnc56)cc4)cc3)nc(-c3ccccc3)n2)cc1. The summed E-state index contributed by atoms with van der Waals surface area (Å²) in [7, 11) is 0. The molecule has 0 spiro atoms. The van der Waals surface area contributed by atoms with Crippen molar-refractivity contribution in [2.75, 3.05) is 0 Å². The Balaban J connectivity index is 1.12. The van der Waals surface area contributed by atoms with E-state index in [2.05, 4.69) is 113 Å². The summed E-state index contributed by atoms with van der Waals surface area (Å²) >= 11 is 0. The number of rotatable bonds is 5. The summed E-state index contributed by atoms with van der Waals surface area (Å²) in [6.07, 6.45) is 3.70. The van der Waals surface area contributed by atoms with E-state index >= 15 is 0 Å². The molecule has 4 nitrogen and oxygen atoms in total. The number of hydrogen-bond donors (Lipinski definition) is 0. The second-order valence-electron chi connectivity index (χ2n) is 10.7. The highest BCUT2D eigenvalue weighted by Crippen LogP contribution is 2.33. The van der Waals surface area contributed by atoms with Crippen LogP contribution >= 0.6 is 0 Å². The van der Waals surface area contributed by atoms with Crippen molar-refractivity contribution in [2.45, 2.75) is 0 Å². The Kier molecular flexibility index (Phi) is 6.43. The average Bonchev–Trinajstić information content (AvgIpc) is 3.12. The molecule has 0 unspecified atom stereocenters. The molecule has 3 aromatic heterocycles. The van der Waals surface area contributed by atoms with Crippen LogP contribution < -0.4 is 0 Å². The lowest BCUT2D eigenvalue weighted by Gasteiger charge is -2.11. The van der Waals surface area contributed by atoms with Gasteiger partial charge in [0.25, 0.3) is 0 Å². The molecule has 0 bridgehead atoms. The summed E-state index contributed by atoms with van der Waals surface area (Å²) in [6, 6.07) is 50.2. The van der Waals surface area contributed by atoms with Gasteiger partial charge in [-0.3, -0.25) is 9.97 Å². The summed E-state index contributed by atoms with van der Waals surface area (Å²) in [5, 5.41) is 2.20. The molecule has 8 rings (SSSR count). The number of benzene rings is 5. The second kappa shape index (κ2) is 11.0. The highest BCUT2D eigenvalue weighted by atomic mass is 14.9. The van der Waals surface area contributed by atoms with Crippen LogP contribution in [0.5, 0.6) is 0 Å². The minimum atomic E-state index is 0.717. The van der Waals surface area contributed by atoms with Crippen LogP contribution in [-0.2, 0) is 0 Å². The molecule has 3 heterocycles. The Morgan fingerprint density at radius 1 is 0.364 bits per heavy atom. The van der Waals surface area contributed by atoms with Crippen molar-refractivity contribution in [1.29, 1.82) is 0 Å². The van der Waals surface area contributed by atoms with E-state index in [1.165, 1.54) is 0 Å². The summed E-state index contributed by atoms with van der Waals surface area (Å²) < 4.78 is 0. The van der Waals surface area contributed by atoms with E-state index in [9.17, 15) is 0 Å². The fourth-order valence-electron chi connectivity index (χ4n) is 5.75. The van der Waals surface area contributed by atoms with Crippen molar-refractivity contribution < 1.29 is 0 Å². The van der Waals surface area contributed by atoms with Crippen molar-refractivity contribution in [3.8, 4) is 56.2 Å². The van der Waals surface area contributed by atoms with E-state index in [4.69, 9.17) is 9.97 Å². The number of aromatic nitrogens is 4. The lowest BCUT2D eigenvalue weighted by molar-refractivity contribution is 1.18. The zero-order valence-electron chi connectivity index (χ0n) is 23.8. The molecule has 8 aromatic rings. The first kappa shape index (κ1) is 25.7.